The summed E-state index contributed by atoms with van der Waals surface area (Å²) in [6.07, 6.45) is 4.33. The van der Waals surface area contributed by atoms with Gasteiger partial charge in [0.25, 0.3) is 5.91 Å². The summed E-state index contributed by atoms with van der Waals surface area (Å²) in [5.41, 5.74) is 8.76. The molecule has 1 aliphatic heterocycles. The normalized spacial score (nSPS) is 16.0. The molecule has 3 aromatic rings. The molecule has 1 saturated heterocycles. The molecule has 1 aromatic heterocycles. The lowest BCUT2D eigenvalue weighted by Gasteiger charge is -2.29. The van der Waals surface area contributed by atoms with Crippen LogP contribution in [0.5, 0.6) is 0 Å². The number of carbonyl (C=O) groups excluding carboxylic acids is 1. The van der Waals surface area contributed by atoms with E-state index in [1.165, 1.54) is 18.4 Å². The number of nitrogens with two attached hydrogens (primary N) is 1. The molecule has 2 aromatic carbocycles. The Bertz CT molecular complexity index is 939. The van der Waals surface area contributed by atoms with Crippen LogP contribution in [0.15, 0.2) is 48.7 Å². The van der Waals surface area contributed by atoms with Gasteiger partial charge in [-0.05, 0) is 56.7 Å². The van der Waals surface area contributed by atoms with Crippen molar-refractivity contribution in [1.82, 2.24) is 20.0 Å². The smallest absolute Gasteiger partial charge is 0.250 e. The van der Waals surface area contributed by atoms with Crippen molar-refractivity contribution in [3.8, 4) is 5.69 Å². The van der Waals surface area contributed by atoms with Crippen LogP contribution in [0.25, 0.3) is 16.6 Å². The average Bonchev–Trinajstić information content (AvgIpc) is 3.12. The number of rotatable bonds is 5. The maximum Gasteiger partial charge on any atom is 0.250 e. The van der Waals surface area contributed by atoms with E-state index < -0.39 is 5.91 Å². The molecule has 0 saturated carbocycles. The molecule has 0 aliphatic carbocycles. The third-order valence-electron chi connectivity index (χ3n) is 5.32. The number of piperidine rings is 1. The van der Waals surface area contributed by atoms with Crippen molar-refractivity contribution in [1.29, 1.82) is 0 Å². The van der Waals surface area contributed by atoms with Gasteiger partial charge in [0.2, 0.25) is 0 Å². The first-order valence-corrected chi connectivity index (χ1v) is 9.39. The summed E-state index contributed by atoms with van der Waals surface area (Å²) in [5.74, 6) is -0.457. The lowest BCUT2D eigenvalue weighted by atomic mass is 10.1. The van der Waals surface area contributed by atoms with Crippen LogP contribution in [0.2, 0.25) is 0 Å². The number of likely N-dealkylation sites (tertiary alicyclic amines) is 1. The minimum absolute atomic E-state index is 0.449. The Labute approximate surface area is 159 Å². The molecule has 2 heterocycles. The Balaban J connectivity index is 1.47. The van der Waals surface area contributed by atoms with Crippen LogP contribution in [0.1, 0.15) is 28.8 Å². The SMILES string of the molecule is CN1CCC(NCc2ccc(-n3cc4cccc(C(N)=O)c4n3)cc2)CC1. The fourth-order valence-corrected chi connectivity index (χ4v) is 3.62. The van der Waals surface area contributed by atoms with Gasteiger partial charge in [-0.15, -0.1) is 0 Å². The predicted octanol–water partition coefficient (Wildman–Crippen LogP) is 2.31. The summed E-state index contributed by atoms with van der Waals surface area (Å²) >= 11 is 0. The van der Waals surface area contributed by atoms with Crippen LogP contribution in [-0.2, 0) is 6.54 Å². The Hall–Kier alpha value is -2.70. The lowest BCUT2D eigenvalue weighted by molar-refractivity contribution is 0.100. The highest BCUT2D eigenvalue weighted by molar-refractivity contribution is 6.04. The summed E-state index contributed by atoms with van der Waals surface area (Å²) in [6, 6.07) is 14.4. The van der Waals surface area contributed by atoms with Gasteiger partial charge in [-0.2, -0.15) is 5.10 Å². The number of primary amides is 1. The largest absolute Gasteiger partial charge is 0.366 e. The van der Waals surface area contributed by atoms with Gasteiger partial charge in [-0.25, -0.2) is 4.68 Å². The molecule has 140 valence electrons. The zero-order valence-corrected chi connectivity index (χ0v) is 15.6. The molecular weight excluding hydrogens is 338 g/mol. The third-order valence-corrected chi connectivity index (χ3v) is 5.32. The van der Waals surface area contributed by atoms with Crippen LogP contribution >= 0.6 is 0 Å². The molecule has 1 amide bonds. The Morgan fingerprint density at radius 3 is 2.63 bits per heavy atom. The zero-order chi connectivity index (χ0) is 18.8. The van der Waals surface area contributed by atoms with E-state index in [9.17, 15) is 4.79 Å². The predicted molar refractivity (Wildman–Crippen MR) is 107 cm³/mol. The molecule has 3 N–H and O–H groups in total. The van der Waals surface area contributed by atoms with Crippen LogP contribution in [0.3, 0.4) is 0 Å². The molecule has 0 radical (unpaired) electrons. The summed E-state index contributed by atoms with van der Waals surface area (Å²) in [7, 11) is 2.18. The van der Waals surface area contributed by atoms with Crippen molar-refractivity contribution in [2.24, 2.45) is 5.73 Å². The topological polar surface area (TPSA) is 76.2 Å². The Kier molecular flexibility index (Phi) is 4.92. The van der Waals surface area contributed by atoms with Crippen molar-refractivity contribution in [2.75, 3.05) is 20.1 Å². The first-order chi connectivity index (χ1) is 13.1. The Morgan fingerprint density at radius 2 is 1.93 bits per heavy atom. The number of carbonyl (C=O) groups is 1. The Morgan fingerprint density at radius 1 is 1.19 bits per heavy atom. The van der Waals surface area contributed by atoms with E-state index in [0.29, 0.717) is 17.1 Å². The average molecular weight is 363 g/mol. The van der Waals surface area contributed by atoms with Crippen molar-refractivity contribution in [2.45, 2.75) is 25.4 Å². The molecule has 0 unspecified atom stereocenters. The van der Waals surface area contributed by atoms with E-state index >= 15 is 0 Å². The number of amides is 1. The van der Waals surface area contributed by atoms with E-state index in [1.807, 2.05) is 18.3 Å². The molecule has 1 fully saturated rings. The van der Waals surface area contributed by atoms with Gasteiger partial charge in [-0.3, -0.25) is 4.79 Å². The number of fused-ring (bicyclic) bond motifs is 1. The maximum atomic E-state index is 11.6. The van der Waals surface area contributed by atoms with Crippen molar-refractivity contribution < 1.29 is 4.79 Å². The molecule has 0 spiro atoms. The second kappa shape index (κ2) is 7.50. The fourth-order valence-electron chi connectivity index (χ4n) is 3.62. The number of benzene rings is 2. The maximum absolute atomic E-state index is 11.6. The highest BCUT2D eigenvalue weighted by atomic mass is 16.1. The number of aromatic nitrogens is 2. The summed E-state index contributed by atoms with van der Waals surface area (Å²) < 4.78 is 1.80. The van der Waals surface area contributed by atoms with Crippen molar-refractivity contribution in [3.63, 3.8) is 0 Å². The minimum atomic E-state index is -0.457. The highest BCUT2D eigenvalue weighted by Gasteiger charge is 2.16. The van der Waals surface area contributed by atoms with E-state index in [0.717, 1.165) is 30.7 Å². The first-order valence-electron chi connectivity index (χ1n) is 9.39. The van der Waals surface area contributed by atoms with Gasteiger partial charge in [-0.1, -0.05) is 24.3 Å². The molecule has 0 bridgehead atoms. The zero-order valence-electron chi connectivity index (χ0n) is 15.6. The van der Waals surface area contributed by atoms with Crippen LogP contribution in [0, 0.1) is 0 Å². The van der Waals surface area contributed by atoms with Gasteiger partial charge < -0.3 is 16.0 Å². The van der Waals surface area contributed by atoms with Crippen molar-refractivity contribution >= 4 is 16.8 Å². The fraction of sp³-hybridized carbons (Fsp3) is 0.333. The highest BCUT2D eigenvalue weighted by Crippen LogP contribution is 2.20. The van der Waals surface area contributed by atoms with E-state index in [4.69, 9.17) is 5.73 Å². The number of nitrogens with one attached hydrogen (secondary N) is 1. The van der Waals surface area contributed by atoms with Gasteiger partial charge in [0, 0.05) is 24.2 Å². The molecule has 4 rings (SSSR count). The molecule has 0 atom stereocenters. The van der Waals surface area contributed by atoms with Crippen LogP contribution in [-0.4, -0.2) is 46.8 Å². The van der Waals surface area contributed by atoms with Crippen molar-refractivity contribution in [3.05, 3.63) is 59.8 Å². The van der Waals surface area contributed by atoms with Gasteiger partial charge in [0.1, 0.15) is 5.52 Å². The van der Waals surface area contributed by atoms with E-state index in [2.05, 4.69) is 46.6 Å². The summed E-state index contributed by atoms with van der Waals surface area (Å²) in [5, 5.41) is 9.12. The monoisotopic (exact) mass is 363 g/mol. The number of hydrogen-bond acceptors (Lipinski definition) is 4. The second-order valence-electron chi connectivity index (χ2n) is 7.31. The molecule has 6 heteroatoms. The van der Waals surface area contributed by atoms with Crippen LogP contribution < -0.4 is 11.1 Å². The van der Waals surface area contributed by atoms with Gasteiger partial charge in [0.15, 0.2) is 0 Å². The lowest BCUT2D eigenvalue weighted by Crippen LogP contribution is -2.40. The summed E-state index contributed by atoms with van der Waals surface area (Å²) in [4.78, 5) is 14.0. The standard InChI is InChI=1S/C21H25N5O/c1-25-11-9-17(10-12-25)23-13-15-5-7-18(8-6-15)26-14-16-3-2-4-19(21(22)27)20(16)24-26/h2-8,14,17,23H,9-13H2,1H3,(H2,22,27). The summed E-state index contributed by atoms with van der Waals surface area (Å²) in [6.45, 7) is 3.20. The van der Waals surface area contributed by atoms with Gasteiger partial charge in [0.05, 0.1) is 11.3 Å². The molecule has 1 aliphatic rings. The third kappa shape index (κ3) is 3.86. The number of nitrogens with zero attached hydrogens (tertiary/aromatic N) is 3. The number of hydrogen-bond donors (Lipinski definition) is 2. The molecule has 27 heavy (non-hydrogen) atoms. The molecular formula is C21H25N5O. The molecule has 6 nitrogen and oxygen atoms in total. The quantitative estimate of drug-likeness (QED) is 0.729. The van der Waals surface area contributed by atoms with Gasteiger partial charge >= 0.3 is 0 Å². The van der Waals surface area contributed by atoms with E-state index in [-0.39, 0.29) is 0 Å². The second-order valence-corrected chi connectivity index (χ2v) is 7.31. The van der Waals surface area contributed by atoms with Crippen LogP contribution in [0.4, 0.5) is 0 Å². The first kappa shape index (κ1) is 17.7. The minimum Gasteiger partial charge on any atom is -0.366 e. The van der Waals surface area contributed by atoms with E-state index in [1.54, 1.807) is 10.7 Å².